The zero-order chi connectivity index (χ0) is 13.1. The van der Waals surface area contributed by atoms with Crippen LogP contribution < -0.4 is 0 Å². The molecular formula is C19H12S. The summed E-state index contributed by atoms with van der Waals surface area (Å²) in [5, 5.41) is 2.79. The van der Waals surface area contributed by atoms with Crippen LogP contribution in [0.15, 0.2) is 60.7 Å². The lowest BCUT2D eigenvalue weighted by atomic mass is 10.0. The summed E-state index contributed by atoms with van der Waals surface area (Å²) < 4.78 is 2.80. The van der Waals surface area contributed by atoms with Crippen molar-refractivity contribution >= 4 is 31.5 Å². The third-order valence-corrected chi connectivity index (χ3v) is 5.42. The highest BCUT2D eigenvalue weighted by Crippen LogP contribution is 2.42. The van der Waals surface area contributed by atoms with Gasteiger partial charge in [0.05, 0.1) is 0 Å². The van der Waals surface area contributed by atoms with Gasteiger partial charge in [-0.15, -0.1) is 11.3 Å². The van der Waals surface area contributed by atoms with Gasteiger partial charge in [-0.05, 0) is 46.9 Å². The third kappa shape index (κ3) is 1.31. The average Bonchev–Trinajstić information content (AvgIpc) is 3.02. The minimum Gasteiger partial charge on any atom is -0.135 e. The van der Waals surface area contributed by atoms with Gasteiger partial charge in [0, 0.05) is 20.2 Å². The summed E-state index contributed by atoms with van der Waals surface area (Å²) in [4.78, 5) is 0. The van der Waals surface area contributed by atoms with Crippen molar-refractivity contribution in [3.63, 3.8) is 0 Å². The smallest absolute Gasteiger partial charge is 0.0358 e. The topological polar surface area (TPSA) is 0 Å². The maximum atomic E-state index is 2.40. The summed E-state index contributed by atoms with van der Waals surface area (Å²) in [6.07, 6.45) is 1.08. The lowest BCUT2D eigenvalue weighted by Gasteiger charge is -2.01. The van der Waals surface area contributed by atoms with Gasteiger partial charge in [0.1, 0.15) is 0 Å². The Bertz CT molecular complexity index is 976. The van der Waals surface area contributed by atoms with E-state index in [0.717, 1.165) is 6.42 Å². The lowest BCUT2D eigenvalue weighted by molar-refractivity contribution is 1.27. The van der Waals surface area contributed by atoms with E-state index in [1.165, 1.54) is 42.4 Å². The fourth-order valence-corrected chi connectivity index (χ4v) is 4.50. The molecule has 0 N–H and O–H groups in total. The van der Waals surface area contributed by atoms with Crippen LogP contribution in [0.1, 0.15) is 11.1 Å². The van der Waals surface area contributed by atoms with Crippen molar-refractivity contribution in [1.82, 2.24) is 0 Å². The molecule has 1 heterocycles. The Kier molecular flexibility index (Phi) is 1.97. The lowest BCUT2D eigenvalue weighted by Crippen LogP contribution is -1.78. The first-order chi connectivity index (χ1) is 9.90. The summed E-state index contributed by atoms with van der Waals surface area (Å²) >= 11 is 1.91. The van der Waals surface area contributed by atoms with Crippen molar-refractivity contribution in [3.8, 4) is 11.1 Å². The molecule has 3 aromatic carbocycles. The zero-order valence-electron chi connectivity index (χ0n) is 10.9. The maximum absolute atomic E-state index is 2.40. The van der Waals surface area contributed by atoms with Crippen LogP contribution in [-0.2, 0) is 6.42 Å². The SMILES string of the molecule is c1ccc2c(c1)Cc1cc3sc4ccccc4c3cc1-2. The zero-order valence-corrected chi connectivity index (χ0v) is 11.7. The van der Waals surface area contributed by atoms with Gasteiger partial charge in [-0.2, -0.15) is 0 Å². The number of hydrogen-bond acceptors (Lipinski definition) is 1. The Morgan fingerprint density at radius 1 is 0.650 bits per heavy atom. The van der Waals surface area contributed by atoms with E-state index in [-0.39, 0.29) is 0 Å². The molecule has 1 heteroatoms. The van der Waals surface area contributed by atoms with E-state index >= 15 is 0 Å². The second kappa shape index (κ2) is 3.71. The van der Waals surface area contributed by atoms with Crippen molar-refractivity contribution < 1.29 is 0 Å². The number of thiophene rings is 1. The van der Waals surface area contributed by atoms with Crippen LogP contribution in [0.4, 0.5) is 0 Å². The standard InChI is InChI=1S/C19H12S/c1-2-6-14-12(5-1)9-13-10-19-17(11-16(13)14)15-7-3-4-8-18(15)20-19/h1-8,10-11H,9H2. The largest absolute Gasteiger partial charge is 0.135 e. The van der Waals surface area contributed by atoms with Crippen LogP contribution >= 0.6 is 11.3 Å². The number of rotatable bonds is 0. The van der Waals surface area contributed by atoms with Crippen LogP contribution in [0.2, 0.25) is 0 Å². The molecule has 0 spiro atoms. The Morgan fingerprint density at radius 2 is 1.50 bits per heavy atom. The minimum atomic E-state index is 1.08. The van der Waals surface area contributed by atoms with Crippen LogP contribution in [0.5, 0.6) is 0 Å². The van der Waals surface area contributed by atoms with E-state index in [4.69, 9.17) is 0 Å². The third-order valence-electron chi connectivity index (χ3n) is 4.29. The summed E-state index contributed by atoms with van der Waals surface area (Å²) in [6.45, 7) is 0. The number of benzene rings is 3. The minimum absolute atomic E-state index is 1.08. The molecule has 0 saturated carbocycles. The predicted molar refractivity (Wildman–Crippen MR) is 87.6 cm³/mol. The molecule has 20 heavy (non-hydrogen) atoms. The highest BCUT2D eigenvalue weighted by Gasteiger charge is 2.19. The highest BCUT2D eigenvalue weighted by atomic mass is 32.1. The molecule has 0 fully saturated rings. The van der Waals surface area contributed by atoms with Crippen molar-refractivity contribution in [1.29, 1.82) is 0 Å². The molecule has 0 radical (unpaired) electrons. The van der Waals surface area contributed by atoms with Gasteiger partial charge < -0.3 is 0 Å². The molecule has 0 aliphatic heterocycles. The molecule has 1 aromatic heterocycles. The molecule has 0 unspecified atom stereocenters. The Balaban J connectivity index is 1.91. The number of hydrogen-bond donors (Lipinski definition) is 0. The molecule has 5 rings (SSSR count). The average molecular weight is 272 g/mol. The van der Waals surface area contributed by atoms with E-state index in [1.54, 1.807) is 0 Å². The van der Waals surface area contributed by atoms with Crippen LogP contribution in [0.25, 0.3) is 31.3 Å². The molecule has 94 valence electrons. The Labute approximate surface area is 121 Å². The van der Waals surface area contributed by atoms with Crippen molar-refractivity contribution in [2.45, 2.75) is 6.42 Å². The number of fused-ring (bicyclic) bond motifs is 6. The normalized spacial score (nSPS) is 12.8. The molecule has 0 nitrogen and oxygen atoms in total. The van der Waals surface area contributed by atoms with Crippen molar-refractivity contribution in [2.24, 2.45) is 0 Å². The second-order valence-electron chi connectivity index (χ2n) is 5.44. The molecule has 0 atom stereocenters. The first-order valence-corrected chi connectivity index (χ1v) is 7.74. The molecule has 0 amide bonds. The van der Waals surface area contributed by atoms with E-state index in [1.807, 2.05) is 11.3 Å². The van der Waals surface area contributed by atoms with Gasteiger partial charge in [-0.3, -0.25) is 0 Å². The van der Waals surface area contributed by atoms with Gasteiger partial charge >= 0.3 is 0 Å². The molecule has 4 aromatic rings. The van der Waals surface area contributed by atoms with E-state index in [9.17, 15) is 0 Å². The van der Waals surface area contributed by atoms with E-state index in [2.05, 4.69) is 60.7 Å². The summed E-state index contributed by atoms with van der Waals surface area (Å²) in [5.41, 5.74) is 5.78. The van der Waals surface area contributed by atoms with Crippen molar-refractivity contribution in [2.75, 3.05) is 0 Å². The fourth-order valence-electron chi connectivity index (χ4n) is 3.35. The van der Waals surface area contributed by atoms with Gasteiger partial charge in [0.2, 0.25) is 0 Å². The van der Waals surface area contributed by atoms with Crippen molar-refractivity contribution in [3.05, 3.63) is 71.8 Å². The van der Waals surface area contributed by atoms with Gasteiger partial charge in [0.15, 0.2) is 0 Å². The Hall–Kier alpha value is -2.12. The maximum Gasteiger partial charge on any atom is 0.0358 e. The molecule has 1 aliphatic rings. The van der Waals surface area contributed by atoms with E-state index < -0.39 is 0 Å². The summed E-state index contributed by atoms with van der Waals surface area (Å²) in [6, 6.07) is 22.3. The first kappa shape index (κ1) is 10.6. The van der Waals surface area contributed by atoms with Gasteiger partial charge in [-0.25, -0.2) is 0 Å². The summed E-state index contributed by atoms with van der Waals surface area (Å²) in [7, 11) is 0. The molecule has 0 saturated heterocycles. The van der Waals surface area contributed by atoms with Crippen LogP contribution in [-0.4, -0.2) is 0 Å². The second-order valence-corrected chi connectivity index (χ2v) is 6.52. The Morgan fingerprint density at radius 3 is 2.50 bits per heavy atom. The van der Waals surface area contributed by atoms with Crippen LogP contribution in [0.3, 0.4) is 0 Å². The van der Waals surface area contributed by atoms with Gasteiger partial charge in [-0.1, -0.05) is 42.5 Å². The van der Waals surface area contributed by atoms with Gasteiger partial charge in [0.25, 0.3) is 0 Å². The first-order valence-electron chi connectivity index (χ1n) is 6.92. The summed E-state index contributed by atoms with van der Waals surface area (Å²) in [5.74, 6) is 0. The molecular weight excluding hydrogens is 260 g/mol. The van der Waals surface area contributed by atoms with E-state index in [0.29, 0.717) is 0 Å². The molecule has 0 bridgehead atoms. The predicted octanol–water partition coefficient (Wildman–Crippen LogP) is 5.63. The molecule has 1 aliphatic carbocycles. The monoisotopic (exact) mass is 272 g/mol. The fraction of sp³-hybridized carbons (Fsp3) is 0.0526. The van der Waals surface area contributed by atoms with Crippen LogP contribution in [0, 0.1) is 0 Å². The quantitative estimate of drug-likeness (QED) is 0.343. The highest BCUT2D eigenvalue weighted by molar-refractivity contribution is 7.25.